The molecule has 1 aromatic carbocycles. The van der Waals surface area contributed by atoms with Gasteiger partial charge in [-0.25, -0.2) is 4.79 Å². The minimum Gasteiger partial charge on any atom is -0.326 e. The summed E-state index contributed by atoms with van der Waals surface area (Å²) in [5.74, 6) is -0.511. The molecule has 4 amide bonds. The molecule has 1 saturated heterocycles. The maximum atomic E-state index is 12.7. The SMILES string of the molecule is CCN(CC)C(=O)N1CCCC(C(=O)Nc2cccc(NC(=O)C(C)C)c2)C1. The Morgan fingerprint density at radius 3 is 2.39 bits per heavy atom. The number of piperidine rings is 1. The highest BCUT2D eigenvalue weighted by molar-refractivity contribution is 5.95. The molecule has 0 radical (unpaired) electrons. The van der Waals surface area contributed by atoms with E-state index in [2.05, 4.69) is 10.6 Å². The summed E-state index contributed by atoms with van der Waals surface area (Å²) in [4.78, 5) is 40.7. The van der Waals surface area contributed by atoms with Crippen LogP contribution in [0.1, 0.15) is 40.5 Å². The van der Waals surface area contributed by atoms with Crippen molar-refractivity contribution in [2.24, 2.45) is 11.8 Å². The van der Waals surface area contributed by atoms with Gasteiger partial charge in [-0.2, -0.15) is 0 Å². The van der Waals surface area contributed by atoms with Crippen molar-refractivity contribution >= 4 is 29.2 Å². The first-order chi connectivity index (χ1) is 13.3. The van der Waals surface area contributed by atoms with Crippen LogP contribution in [-0.2, 0) is 9.59 Å². The van der Waals surface area contributed by atoms with E-state index in [1.807, 2.05) is 27.7 Å². The van der Waals surface area contributed by atoms with E-state index in [0.717, 1.165) is 12.8 Å². The smallest absolute Gasteiger partial charge is 0.320 e. The lowest BCUT2D eigenvalue weighted by atomic mass is 9.97. The van der Waals surface area contributed by atoms with Crippen LogP contribution >= 0.6 is 0 Å². The molecule has 28 heavy (non-hydrogen) atoms. The molecule has 1 heterocycles. The number of rotatable bonds is 6. The highest BCUT2D eigenvalue weighted by Crippen LogP contribution is 2.21. The molecule has 1 fully saturated rings. The first-order valence-corrected chi connectivity index (χ1v) is 10.1. The Balaban J connectivity index is 1.98. The standard InChI is InChI=1S/C21H32N4O3/c1-5-24(6-2)21(28)25-12-8-9-16(14-25)20(27)23-18-11-7-10-17(13-18)22-19(26)15(3)4/h7,10-11,13,15-16H,5-6,8-9,12,14H2,1-4H3,(H,22,26)(H,23,27). The largest absolute Gasteiger partial charge is 0.326 e. The zero-order valence-corrected chi connectivity index (χ0v) is 17.3. The van der Waals surface area contributed by atoms with Crippen molar-refractivity contribution in [3.63, 3.8) is 0 Å². The molecular weight excluding hydrogens is 356 g/mol. The van der Waals surface area contributed by atoms with Crippen LogP contribution in [0.25, 0.3) is 0 Å². The van der Waals surface area contributed by atoms with Gasteiger partial charge in [-0.1, -0.05) is 19.9 Å². The van der Waals surface area contributed by atoms with Gasteiger partial charge in [-0.15, -0.1) is 0 Å². The van der Waals surface area contributed by atoms with E-state index in [0.29, 0.717) is 37.6 Å². The predicted octanol–water partition coefficient (Wildman–Crippen LogP) is 3.39. The van der Waals surface area contributed by atoms with E-state index < -0.39 is 0 Å². The Morgan fingerprint density at radius 1 is 1.14 bits per heavy atom. The van der Waals surface area contributed by atoms with Crippen LogP contribution in [0.3, 0.4) is 0 Å². The van der Waals surface area contributed by atoms with Gasteiger partial charge in [0, 0.05) is 43.5 Å². The topological polar surface area (TPSA) is 81.8 Å². The molecule has 2 N–H and O–H groups in total. The summed E-state index contributed by atoms with van der Waals surface area (Å²) in [6.45, 7) is 10.0. The van der Waals surface area contributed by atoms with Crippen LogP contribution in [0.2, 0.25) is 0 Å². The molecule has 0 spiro atoms. The van der Waals surface area contributed by atoms with Gasteiger partial charge in [-0.05, 0) is 44.9 Å². The molecule has 0 aromatic heterocycles. The minimum absolute atomic E-state index is 0.000829. The fraction of sp³-hybridized carbons (Fsp3) is 0.571. The Labute approximate surface area is 167 Å². The van der Waals surface area contributed by atoms with E-state index in [4.69, 9.17) is 0 Å². The van der Waals surface area contributed by atoms with Gasteiger partial charge in [0.05, 0.1) is 5.92 Å². The number of nitrogens with one attached hydrogen (secondary N) is 2. The highest BCUT2D eigenvalue weighted by Gasteiger charge is 2.30. The lowest BCUT2D eigenvalue weighted by Crippen LogP contribution is -2.49. The summed E-state index contributed by atoms with van der Waals surface area (Å²) in [7, 11) is 0. The zero-order chi connectivity index (χ0) is 20.7. The molecule has 1 aliphatic heterocycles. The number of carbonyl (C=O) groups is 3. The maximum Gasteiger partial charge on any atom is 0.320 e. The third kappa shape index (κ3) is 5.71. The fourth-order valence-electron chi connectivity index (χ4n) is 3.26. The molecule has 1 aromatic rings. The summed E-state index contributed by atoms with van der Waals surface area (Å²) in [6, 6.07) is 7.13. The van der Waals surface area contributed by atoms with E-state index in [1.54, 1.807) is 34.1 Å². The summed E-state index contributed by atoms with van der Waals surface area (Å²) in [5.41, 5.74) is 1.29. The van der Waals surface area contributed by atoms with Crippen LogP contribution in [0.15, 0.2) is 24.3 Å². The van der Waals surface area contributed by atoms with Gasteiger partial charge in [0.1, 0.15) is 0 Å². The summed E-state index contributed by atoms with van der Waals surface area (Å²) in [5, 5.41) is 5.76. The van der Waals surface area contributed by atoms with Gasteiger partial charge < -0.3 is 20.4 Å². The van der Waals surface area contributed by atoms with Crippen molar-refractivity contribution in [1.29, 1.82) is 0 Å². The zero-order valence-electron chi connectivity index (χ0n) is 17.3. The number of benzene rings is 1. The van der Waals surface area contributed by atoms with Crippen molar-refractivity contribution in [3.8, 4) is 0 Å². The quantitative estimate of drug-likeness (QED) is 0.784. The van der Waals surface area contributed by atoms with Gasteiger partial charge in [0.2, 0.25) is 11.8 Å². The Morgan fingerprint density at radius 2 is 1.79 bits per heavy atom. The van der Waals surface area contributed by atoms with Crippen LogP contribution in [-0.4, -0.2) is 53.8 Å². The average Bonchev–Trinajstić information content (AvgIpc) is 2.69. The van der Waals surface area contributed by atoms with Crippen LogP contribution < -0.4 is 10.6 Å². The van der Waals surface area contributed by atoms with Crippen molar-refractivity contribution in [2.75, 3.05) is 36.8 Å². The van der Waals surface area contributed by atoms with E-state index in [9.17, 15) is 14.4 Å². The number of nitrogens with zero attached hydrogens (tertiary/aromatic N) is 2. The van der Waals surface area contributed by atoms with Gasteiger partial charge >= 0.3 is 6.03 Å². The molecule has 1 atom stereocenters. The molecule has 0 saturated carbocycles. The Hall–Kier alpha value is -2.57. The van der Waals surface area contributed by atoms with Gasteiger partial charge in [0.25, 0.3) is 0 Å². The Kier molecular flexibility index (Phi) is 7.84. The summed E-state index contributed by atoms with van der Waals surface area (Å²) < 4.78 is 0. The van der Waals surface area contributed by atoms with Crippen molar-refractivity contribution < 1.29 is 14.4 Å². The van der Waals surface area contributed by atoms with Crippen LogP contribution in [0, 0.1) is 11.8 Å². The molecular formula is C21H32N4O3. The number of hydrogen-bond acceptors (Lipinski definition) is 3. The van der Waals surface area contributed by atoms with Gasteiger partial charge in [0.15, 0.2) is 0 Å². The fourth-order valence-corrected chi connectivity index (χ4v) is 3.26. The molecule has 7 heteroatoms. The third-order valence-electron chi connectivity index (χ3n) is 5.02. The monoisotopic (exact) mass is 388 g/mol. The summed E-state index contributed by atoms with van der Waals surface area (Å²) in [6.07, 6.45) is 1.58. The number of amides is 4. The lowest BCUT2D eigenvalue weighted by molar-refractivity contribution is -0.121. The molecule has 154 valence electrons. The molecule has 2 rings (SSSR count). The Bertz CT molecular complexity index is 701. The molecule has 0 bridgehead atoms. The predicted molar refractivity (Wildman–Crippen MR) is 111 cm³/mol. The van der Waals surface area contributed by atoms with Crippen molar-refractivity contribution in [2.45, 2.75) is 40.5 Å². The molecule has 7 nitrogen and oxygen atoms in total. The second kappa shape index (κ2) is 10.1. The highest BCUT2D eigenvalue weighted by atomic mass is 16.2. The summed E-state index contributed by atoms with van der Waals surface area (Å²) >= 11 is 0. The number of hydrogen-bond donors (Lipinski definition) is 2. The van der Waals surface area contributed by atoms with E-state index in [1.165, 1.54) is 0 Å². The first kappa shape index (κ1) is 21.7. The van der Waals surface area contributed by atoms with E-state index >= 15 is 0 Å². The van der Waals surface area contributed by atoms with Crippen LogP contribution in [0.4, 0.5) is 16.2 Å². The maximum absolute atomic E-state index is 12.7. The number of anilines is 2. The molecule has 1 unspecified atom stereocenters. The lowest BCUT2D eigenvalue weighted by Gasteiger charge is -2.35. The third-order valence-corrected chi connectivity index (χ3v) is 5.02. The first-order valence-electron chi connectivity index (χ1n) is 10.1. The molecule has 1 aliphatic rings. The van der Waals surface area contributed by atoms with Crippen molar-refractivity contribution in [1.82, 2.24) is 9.80 Å². The second-order valence-electron chi connectivity index (χ2n) is 7.45. The van der Waals surface area contributed by atoms with E-state index in [-0.39, 0.29) is 29.7 Å². The number of carbonyl (C=O) groups excluding carboxylic acids is 3. The van der Waals surface area contributed by atoms with Crippen LogP contribution in [0.5, 0.6) is 0 Å². The average molecular weight is 389 g/mol. The normalized spacial score (nSPS) is 16.6. The van der Waals surface area contributed by atoms with Crippen molar-refractivity contribution in [3.05, 3.63) is 24.3 Å². The number of urea groups is 1. The second-order valence-corrected chi connectivity index (χ2v) is 7.45. The molecule has 0 aliphatic carbocycles. The van der Waals surface area contributed by atoms with Gasteiger partial charge in [-0.3, -0.25) is 9.59 Å². The minimum atomic E-state index is -0.234. The number of likely N-dealkylation sites (tertiary alicyclic amines) is 1.